The van der Waals surface area contributed by atoms with Crippen LogP contribution in [0.4, 0.5) is 4.79 Å². The van der Waals surface area contributed by atoms with Gasteiger partial charge in [-0.15, -0.1) is 0 Å². The van der Waals surface area contributed by atoms with Crippen LogP contribution in [0.3, 0.4) is 0 Å². The number of rotatable bonds is 9. The van der Waals surface area contributed by atoms with Crippen molar-refractivity contribution in [1.29, 1.82) is 0 Å². The second kappa shape index (κ2) is 15.3. The molecule has 0 radical (unpaired) electrons. The lowest BCUT2D eigenvalue weighted by atomic mass is 9.88. The molecule has 1 aromatic carbocycles. The van der Waals surface area contributed by atoms with Crippen LogP contribution >= 0.6 is 0 Å². The quantitative estimate of drug-likeness (QED) is 0.312. The van der Waals surface area contributed by atoms with Gasteiger partial charge in [-0.3, -0.25) is 0 Å². The van der Waals surface area contributed by atoms with E-state index in [2.05, 4.69) is 59.7 Å². The van der Waals surface area contributed by atoms with Gasteiger partial charge in [0.1, 0.15) is 5.75 Å². The van der Waals surface area contributed by atoms with E-state index in [9.17, 15) is 4.79 Å². The van der Waals surface area contributed by atoms with Gasteiger partial charge in [0.05, 0.1) is 6.61 Å². The first kappa shape index (κ1) is 31.7. The molecule has 1 saturated carbocycles. The SMILES string of the molecule is CC(C)(C)COc1ccccc1C1CCN(CCCCN2CCN(C3CCCCC3)C2=O)CC1.O=C(O)C(=O)O. The fourth-order valence-corrected chi connectivity index (χ4v) is 5.89. The van der Waals surface area contributed by atoms with Crippen molar-refractivity contribution in [3.63, 3.8) is 0 Å². The van der Waals surface area contributed by atoms with Crippen LogP contribution in [0.25, 0.3) is 0 Å². The summed E-state index contributed by atoms with van der Waals surface area (Å²) in [5.41, 5.74) is 1.56. The van der Waals surface area contributed by atoms with E-state index in [0.29, 0.717) is 18.0 Å². The van der Waals surface area contributed by atoms with Crippen LogP contribution in [-0.2, 0) is 9.59 Å². The summed E-state index contributed by atoms with van der Waals surface area (Å²) >= 11 is 0. The van der Waals surface area contributed by atoms with Crippen molar-refractivity contribution in [3.8, 4) is 5.75 Å². The Labute approximate surface area is 239 Å². The van der Waals surface area contributed by atoms with Gasteiger partial charge in [0.25, 0.3) is 0 Å². The molecule has 0 atom stereocenters. The van der Waals surface area contributed by atoms with E-state index < -0.39 is 11.9 Å². The minimum Gasteiger partial charge on any atom is -0.493 e. The summed E-state index contributed by atoms with van der Waals surface area (Å²) < 4.78 is 6.22. The number of nitrogens with zero attached hydrogens (tertiary/aromatic N) is 3. The molecule has 2 saturated heterocycles. The van der Waals surface area contributed by atoms with Gasteiger partial charge >= 0.3 is 18.0 Å². The maximum absolute atomic E-state index is 12.8. The Morgan fingerprint density at radius 1 is 0.875 bits per heavy atom. The van der Waals surface area contributed by atoms with Gasteiger partial charge in [0.15, 0.2) is 0 Å². The minimum atomic E-state index is -1.82. The minimum absolute atomic E-state index is 0.171. The Morgan fingerprint density at radius 2 is 1.50 bits per heavy atom. The van der Waals surface area contributed by atoms with Gasteiger partial charge in [-0.05, 0) is 81.1 Å². The zero-order valence-corrected chi connectivity index (χ0v) is 24.6. The van der Waals surface area contributed by atoms with E-state index >= 15 is 0 Å². The van der Waals surface area contributed by atoms with Crippen molar-refractivity contribution in [2.24, 2.45) is 5.41 Å². The van der Waals surface area contributed by atoms with Crippen molar-refractivity contribution in [2.45, 2.75) is 90.5 Å². The van der Waals surface area contributed by atoms with Gasteiger partial charge in [-0.2, -0.15) is 0 Å². The normalized spacial score (nSPS) is 19.3. The summed E-state index contributed by atoms with van der Waals surface area (Å²) in [6.07, 6.45) is 11.1. The predicted molar refractivity (Wildman–Crippen MR) is 155 cm³/mol. The lowest BCUT2D eigenvalue weighted by Crippen LogP contribution is -2.40. The smallest absolute Gasteiger partial charge is 0.414 e. The van der Waals surface area contributed by atoms with E-state index in [4.69, 9.17) is 24.5 Å². The molecule has 224 valence electrons. The van der Waals surface area contributed by atoms with E-state index in [1.807, 2.05) is 0 Å². The number of piperidine rings is 1. The topological polar surface area (TPSA) is 111 Å². The Balaban J connectivity index is 0.000000663. The number of hydrogen-bond acceptors (Lipinski definition) is 5. The monoisotopic (exact) mass is 559 g/mol. The molecule has 3 aliphatic rings. The predicted octanol–water partition coefficient (Wildman–Crippen LogP) is 5.30. The summed E-state index contributed by atoms with van der Waals surface area (Å²) in [7, 11) is 0. The van der Waals surface area contributed by atoms with Gasteiger partial charge in [-0.1, -0.05) is 58.2 Å². The third-order valence-corrected chi connectivity index (χ3v) is 8.08. The van der Waals surface area contributed by atoms with Crippen molar-refractivity contribution >= 4 is 18.0 Å². The van der Waals surface area contributed by atoms with Crippen LogP contribution in [0.5, 0.6) is 5.75 Å². The van der Waals surface area contributed by atoms with Crippen molar-refractivity contribution in [2.75, 3.05) is 45.9 Å². The molecule has 1 aromatic rings. The van der Waals surface area contributed by atoms with Crippen LogP contribution in [-0.4, -0.2) is 94.8 Å². The zero-order valence-electron chi connectivity index (χ0n) is 24.6. The second-order valence-corrected chi connectivity index (χ2v) is 12.6. The fourth-order valence-electron chi connectivity index (χ4n) is 5.89. The zero-order chi connectivity index (χ0) is 29.1. The molecule has 2 amide bonds. The Morgan fingerprint density at radius 3 is 2.12 bits per heavy atom. The summed E-state index contributed by atoms with van der Waals surface area (Å²) in [5, 5.41) is 14.8. The van der Waals surface area contributed by atoms with Gasteiger partial charge < -0.3 is 29.6 Å². The summed E-state index contributed by atoms with van der Waals surface area (Å²) in [4.78, 5) is 37.9. The van der Waals surface area contributed by atoms with E-state index in [-0.39, 0.29) is 5.41 Å². The molecule has 2 N–H and O–H groups in total. The highest BCUT2D eigenvalue weighted by Crippen LogP contribution is 2.35. The molecule has 3 fully saturated rings. The number of carboxylic acid groups (broad SMARTS) is 2. The number of hydrogen-bond donors (Lipinski definition) is 2. The van der Waals surface area contributed by atoms with Crippen molar-refractivity contribution in [3.05, 3.63) is 29.8 Å². The molecular weight excluding hydrogens is 510 g/mol. The van der Waals surface area contributed by atoms with Gasteiger partial charge in [0.2, 0.25) is 0 Å². The number of carbonyl (C=O) groups excluding carboxylic acids is 1. The summed E-state index contributed by atoms with van der Waals surface area (Å²) in [6, 6.07) is 9.47. The average molecular weight is 560 g/mol. The molecule has 9 nitrogen and oxygen atoms in total. The highest BCUT2D eigenvalue weighted by atomic mass is 16.5. The molecular formula is C31H49N3O6. The number of carboxylic acids is 2. The lowest BCUT2D eigenvalue weighted by molar-refractivity contribution is -0.159. The third-order valence-electron chi connectivity index (χ3n) is 8.08. The van der Waals surface area contributed by atoms with Crippen molar-refractivity contribution < 1.29 is 29.3 Å². The first-order valence-corrected chi connectivity index (χ1v) is 15.0. The van der Waals surface area contributed by atoms with E-state index in [1.54, 1.807) is 0 Å². The number of unbranched alkanes of at least 4 members (excludes halogenated alkanes) is 1. The van der Waals surface area contributed by atoms with Crippen LogP contribution < -0.4 is 4.74 Å². The molecule has 0 unspecified atom stereocenters. The number of carbonyl (C=O) groups is 3. The van der Waals surface area contributed by atoms with Crippen LogP contribution in [0.2, 0.25) is 0 Å². The maximum Gasteiger partial charge on any atom is 0.414 e. The largest absolute Gasteiger partial charge is 0.493 e. The third kappa shape index (κ3) is 9.98. The number of urea groups is 1. The highest BCUT2D eigenvalue weighted by molar-refractivity contribution is 6.27. The number of likely N-dealkylation sites (tertiary alicyclic amines) is 1. The Bertz CT molecular complexity index is 952. The highest BCUT2D eigenvalue weighted by Gasteiger charge is 2.33. The van der Waals surface area contributed by atoms with Crippen LogP contribution in [0, 0.1) is 5.41 Å². The molecule has 9 heteroatoms. The van der Waals surface area contributed by atoms with E-state index in [0.717, 1.165) is 58.0 Å². The van der Waals surface area contributed by atoms with Gasteiger partial charge in [0, 0.05) is 25.7 Å². The Hall–Kier alpha value is -2.81. The molecule has 0 spiro atoms. The van der Waals surface area contributed by atoms with Crippen LogP contribution in [0.15, 0.2) is 24.3 Å². The van der Waals surface area contributed by atoms with Gasteiger partial charge in [-0.25, -0.2) is 14.4 Å². The maximum atomic E-state index is 12.8. The second-order valence-electron chi connectivity index (χ2n) is 12.6. The van der Waals surface area contributed by atoms with Crippen molar-refractivity contribution in [1.82, 2.24) is 14.7 Å². The van der Waals surface area contributed by atoms with Crippen LogP contribution in [0.1, 0.15) is 90.0 Å². The molecule has 2 aliphatic heterocycles. The number of para-hydroxylation sites is 1. The average Bonchev–Trinajstić information content (AvgIpc) is 3.30. The molecule has 2 heterocycles. The lowest BCUT2D eigenvalue weighted by Gasteiger charge is -2.33. The summed E-state index contributed by atoms with van der Waals surface area (Å²) in [5.74, 6) is -1.97. The fraction of sp³-hybridized carbons (Fsp3) is 0.710. The molecule has 1 aliphatic carbocycles. The number of aliphatic carboxylic acids is 2. The molecule has 4 rings (SSSR count). The number of ether oxygens (including phenoxy) is 1. The first-order valence-electron chi connectivity index (χ1n) is 15.0. The molecule has 0 bridgehead atoms. The first-order chi connectivity index (χ1) is 19.0. The molecule has 40 heavy (non-hydrogen) atoms. The molecule has 0 aromatic heterocycles. The Kier molecular flexibility index (Phi) is 12.1. The number of amides is 2. The summed E-state index contributed by atoms with van der Waals surface area (Å²) in [6.45, 7) is 13.7. The number of benzene rings is 1. The standard InChI is InChI=1S/C29H47N3O2.C2H2O4/c1-29(2,3)23-34-27-14-8-7-13-26(27)24-15-19-30(20-16-24)17-9-10-18-31-21-22-32(28(31)33)25-11-5-4-6-12-25;3-1(4)2(5)6/h7-8,13-14,24-25H,4-6,9-12,15-23H2,1-3H3;(H,3,4)(H,5,6). The van der Waals surface area contributed by atoms with E-state index in [1.165, 1.54) is 56.9 Å².